The summed E-state index contributed by atoms with van der Waals surface area (Å²) in [4.78, 5) is 21.9. The van der Waals surface area contributed by atoms with E-state index in [4.69, 9.17) is 9.15 Å². The molecule has 3 aromatic heterocycles. The van der Waals surface area contributed by atoms with E-state index in [1.165, 1.54) is 23.1 Å². The number of hydrogen-bond donors (Lipinski definition) is 1. The lowest BCUT2D eigenvalue weighted by atomic mass is 10.1. The van der Waals surface area contributed by atoms with Crippen LogP contribution in [0.2, 0.25) is 0 Å². The van der Waals surface area contributed by atoms with Crippen LogP contribution in [0.1, 0.15) is 45.5 Å². The van der Waals surface area contributed by atoms with Gasteiger partial charge in [-0.3, -0.25) is 4.79 Å². The number of fused-ring (bicyclic) bond motifs is 1. The summed E-state index contributed by atoms with van der Waals surface area (Å²) in [6, 6.07) is 6.04. The van der Waals surface area contributed by atoms with Gasteiger partial charge in [-0.05, 0) is 57.4 Å². The predicted octanol–water partition coefficient (Wildman–Crippen LogP) is 5.03. The maximum atomic E-state index is 12.5. The number of thioether (sulfide) groups is 1. The molecule has 1 atom stereocenters. The Bertz CT molecular complexity index is 1280. The zero-order valence-corrected chi connectivity index (χ0v) is 19.0. The number of rotatable bonds is 6. The summed E-state index contributed by atoms with van der Waals surface area (Å²) in [7, 11) is 0. The first-order valence-electron chi connectivity index (χ1n) is 9.51. The third-order valence-electron chi connectivity index (χ3n) is 4.86. The van der Waals surface area contributed by atoms with Crippen molar-refractivity contribution in [2.45, 2.75) is 51.7 Å². The number of hydrogen-bond acceptors (Lipinski definition) is 8. The van der Waals surface area contributed by atoms with E-state index < -0.39 is 0 Å². The molecule has 0 saturated carbocycles. The molecule has 30 heavy (non-hydrogen) atoms. The lowest BCUT2D eigenvalue weighted by Gasteiger charge is -2.08. The largest absolute Gasteiger partial charge is 0.484 e. The van der Waals surface area contributed by atoms with Crippen LogP contribution in [-0.2, 0) is 6.61 Å². The summed E-state index contributed by atoms with van der Waals surface area (Å²) >= 11 is 2.88. The smallest absolute Gasteiger partial charge is 0.277 e. The van der Waals surface area contributed by atoms with Crippen LogP contribution < -0.4 is 10.3 Å². The van der Waals surface area contributed by atoms with Gasteiger partial charge < -0.3 is 14.1 Å². The molecule has 4 aromatic rings. The van der Waals surface area contributed by atoms with E-state index in [-0.39, 0.29) is 17.4 Å². The van der Waals surface area contributed by atoms with Crippen molar-refractivity contribution in [2.24, 2.45) is 0 Å². The lowest BCUT2D eigenvalue weighted by Crippen LogP contribution is -2.12. The standard InChI is InChI=1S/C21H22N4O3S2/c1-10-6-7-11(2)15(8-10)27-9-16-24-25-21(28-16)30-14(5)18-22-19(26)17-12(3)13(4)29-20(17)23-18/h6-8,14H,9H2,1-5H3,(H,22,23,26)/t14-/m0/s1. The monoisotopic (exact) mass is 442 g/mol. The highest BCUT2D eigenvalue weighted by atomic mass is 32.2. The number of thiophene rings is 1. The first-order valence-corrected chi connectivity index (χ1v) is 11.2. The Kier molecular flexibility index (Phi) is 5.66. The molecule has 156 valence electrons. The Balaban J connectivity index is 1.46. The summed E-state index contributed by atoms with van der Waals surface area (Å²) in [5.74, 6) is 1.78. The van der Waals surface area contributed by atoms with Crippen molar-refractivity contribution in [1.29, 1.82) is 0 Å². The van der Waals surface area contributed by atoms with E-state index in [1.807, 2.05) is 52.8 Å². The van der Waals surface area contributed by atoms with E-state index in [1.54, 1.807) is 0 Å². The van der Waals surface area contributed by atoms with Crippen molar-refractivity contribution >= 4 is 33.3 Å². The van der Waals surface area contributed by atoms with Crippen LogP contribution in [0.5, 0.6) is 5.75 Å². The van der Waals surface area contributed by atoms with Gasteiger partial charge in [0.05, 0.1) is 10.6 Å². The van der Waals surface area contributed by atoms with E-state index in [2.05, 4.69) is 20.2 Å². The van der Waals surface area contributed by atoms with E-state index >= 15 is 0 Å². The summed E-state index contributed by atoms with van der Waals surface area (Å²) in [5.41, 5.74) is 3.05. The molecule has 0 amide bonds. The molecule has 7 nitrogen and oxygen atoms in total. The molecule has 3 heterocycles. The average Bonchev–Trinajstić information content (AvgIpc) is 3.26. The predicted molar refractivity (Wildman–Crippen MR) is 119 cm³/mol. The number of aryl methyl sites for hydroxylation is 4. The van der Waals surface area contributed by atoms with E-state index in [9.17, 15) is 4.79 Å². The molecule has 0 saturated heterocycles. The van der Waals surface area contributed by atoms with E-state index in [0.29, 0.717) is 22.3 Å². The summed E-state index contributed by atoms with van der Waals surface area (Å²) in [5, 5.41) is 9.07. The number of benzene rings is 1. The Labute approximate surface area is 181 Å². The highest BCUT2D eigenvalue weighted by molar-refractivity contribution is 7.99. The molecule has 0 fully saturated rings. The first kappa shape index (κ1) is 20.6. The molecule has 1 N–H and O–H groups in total. The average molecular weight is 443 g/mol. The number of nitrogens with zero attached hydrogens (tertiary/aromatic N) is 3. The van der Waals surface area contributed by atoms with Crippen molar-refractivity contribution in [1.82, 2.24) is 20.2 Å². The van der Waals surface area contributed by atoms with Gasteiger partial charge in [-0.2, -0.15) is 0 Å². The third kappa shape index (κ3) is 4.13. The highest BCUT2D eigenvalue weighted by Gasteiger charge is 2.19. The molecule has 0 aliphatic carbocycles. The van der Waals surface area contributed by atoms with E-state index in [0.717, 1.165) is 32.1 Å². The summed E-state index contributed by atoms with van der Waals surface area (Å²) < 4.78 is 11.5. The van der Waals surface area contributed by atoms with Crippen molar-refractivity contribution in [3.63, 3.8) is 0 Å². The van der Waals surface area contributed by atoms with Gasteiger partial charge in [0.2, 0.25) is 0 Å². The minimum absolute atomic E-state index is 0.113. The first-order chi connectivity index (χ1) is 14.3. The SMILES string of the molecule is Cc1ccc(C)c(OCc2nnc(S[C@@H](C)c3nc4sc(C)c(C)c4c(=O)[nH]3)o2)c1. The van der Waals surface area contributed by atoms with Gasteiger partial charge >= 0.3 is 0 Å². The van der Waals surface area contributed by atoms with Gasteiger partial charge in [0.15, 0.2) is 6.61 Å². The minimum atomic E-state index is -0.155. The van der Waals surface area contributed by atoms with Crippen molar-refractivity contribution in [3.8, 4) is 5.75 Å². The molecular weight excluding hydrogens is 420 g/mol. The fourth-order valence-corrected chi connectivity index (χ4v) is 4.81. The van der Waals surface area contributed by atoms with Crippen LogP contribution in [0.3, 0.4) is 0 Å². The minimum Gasteiger partial charge on any atom is -0.484 e. The molecule has 0 radical (unpaired) electrons. The van der Waals surface area contributed by atoms with Gasteiger partial charge in [-0.1, -0.05) is 23.9 Å². The van der Waals surface area contributed by atoms with Crippen LogP contribution in [0.15, 0.2) is 32.6 Å². The van der Waals surface area contributed by atoms with Crippen molar-refractivity contribution in [2.75, 3.05) is 0 Å². The molecular formula is C21H22N4O3S2. The second-order valence-electron chi connectivity index (χ2n) is 7.19. The molecule has 0 aliphatic heterocycles. The van der Waals surface area contributed by atoms with Gasteiger partial charge in [-0.25, -0.2) is 4.98 Å². The lowest BCUT2D eigenvalue weighted by molar-refractivity contribution is 0.250. The number of nitrogens with one attached hydrogen (secondary N) is 1. The van der Waals surface area contributed by atoms with Crippen molar-refractivity contribution in [3.05, 3.63) is 61.8 Å². The Morgan fingerprint density at radius 3 is 2.83 bits per heavy atom. The number of aromatic amines is 1. The van der Waals surface area contributed by atoms with Gasteiger partial charge in [0.1, 0.15) is 16.4 Å². The Hall–Kier alpha value is -2.65. The van der Waals surface area contributed by atoms with Crippen LogP contribution in [0.4, 0.5) is 0 Å². The van der Waals surface area contributed by atoms with Gasteiger partial charge in [0.25, 0.3) is 16.7 Å². The van der Waals surface area contributed by atoms with Crippen LogP contribution >= 0.6 is 23.1 Å². The molecule has 0 unspecified atom stereocenters. The topological polar surface area (TPSA) is 93.9 Å². The normalized spacial score (nSPS) is 12.4. The highest BCUT2D eigenvalue weighted by Crippen LogP contribution is 2.34. The molecule has 9 heteroatoms. The Morgan fingerprint density at radius 1 is 1.23 bits per heavy atom. The maximum absolute atomic E-state index is 12.5. The Morgan fingerprint density at radius 2 is 2.03 bits per heavy atom. The van der Waals surface area contributed by atoms with Crippen LogP contribution in [0.25, 0.3) is 10.2 Å². The second kappa shape index (κ2) is 8.23. The number of ether oxygens (including phenoxy) is 1. The molecule has 1 aromatic carbocycles. The molecule has 0 spiro atoms. The quantitative estimate of drug-likeness (QED) is 0.418. The number of H-pyrrole nitrogens is 1. The zero-order valence-electron chi connectivity index (χ0n) is 17.4. The van der Waals surface area contributed by atoms with Gasteiger partial charge in [0, 0.05) is 4.88 Å². The van der Waals surface area contributed by atoms with Crippen LogP contribution in [0, 0.1) is 27.7 Å². The number of aromatic nitrogens is 4. The summed E-state index contributed by atoms with van der Waals surface area (Å²) in [6.07, 6.45) is 0. The van der Waals surface area contributed by atoms with Gasteiger partial charge in [-0.15, -0.1) is 21.5 Å². The fourth-order valence-electron chi connectivity index (χ4n) is 3.02. The zero-order chi connectivity index (χ0) is 21.4. The second-order valence-corrected chi connectivity index (χ2v) is 9.69. The molecule has 0 bridgehead atoms. The maximum Gasteiger partial charge on any atom is 0.277 e. The third-order valence-corrected chi connectivity index (χ3v) is 6.91. The fraction of sp³-hybridized carbons (Fsp3) is 0.333. The summed E-state index contributed by atoms with van der Waals surface area (Å²) in [6.45, 7) is 10.1. The van der Waals surface area contributed by atoms with Crippen LogP contribution in [-0.4, -0.2) is 20.2 Å². The molecule has 4 rings (SSSR count). The van der Waals surface area contributed by atoms with Crippen molar-refractivity contribution < 1.29 is 9.15 Å². The molecule has 0 aliphatic rings.